The Balaban J connectivity index is 2.75. The summed E-state index contributed by atoms with van der Waals surface area (Å²) in [4.78, 5) is 0. The van der Waals surface area contributed by atoms with Crippen molar-refractivity contribution in [2.45, 2.75) is 6.42 Å². The van der Waals surface area contributed by atoms with Crippen LogP contribution in [0, 0.1) is 17.1 Å². The second-order valence-electron chi connectivity index (χ2n) is 3.57. The van der Waals surface area contributed by atoms with Crippen LogP contribution in [0.1, 0.15) is 12.0 Å². The lowest BCUT2D eigenvalue weighted by Gasteiger charge is -2.08. The van der Waals surface area contributed by atoms with Gasteiger partial charge < -0.3 is 4.74 Å². The van der Waals surface area contributed by atoms with Gasteiger partial charge in [0.25, 0.3) is 0 Å². The van der Waals surface area contributed by atoms with Crippen molar-refractivity contribution in [2.75, 3.05) is 24.2 Å². The molecule has 0 fully saturated rings. The third kappa shape index (κ3) is 4.31. The molecule has 0 aliphatic heterocycles. The van der Waals surface area contributed by atoms with Crippen molar-refractivity contribution in [1.29, 1.82) is 5.26 Å². The van der Waals surface area contributed by atoms with Crippen molar-refractivity contribution in [3.05, 3.63) is 29.6 Å². The number of halogens is 1. The van der Waals surface area contributed by atoms with Crippen molar-refractivity contribution in [2.24, 2.45) is 0 Å². The summed E-state index contributed by atoms with van der Waals surface area (Å²) in [7, 11) is -2.13. The normalized spacial score (nSPS) is 10.9. The maximum atomic E-state index is 13.5. The molecular weight excluding hydrogens is 259 g/mol. The van der Waals surface area contributed by atoms with E-state index in [-0.39, 0.29) is 17.0 Å². The molecular formula is C11H13FN2O3S. The maximum absolute atomic E-state index is 13.5. The van der Waals surface area contributed by atoms with Gasteiger partial charge in [-0.1, -0.05) is 0 Å². The summed E-state index contributed by atoms with van der Waals surface area (Å²) < 4.78 is 43.5. The largest absolute Gasteiger partial charge is 0.385 e. The van der Waals surface area contributed by atoms with E-state index in [1.165, 1.54) is 19.2 Å². The minimum atomic E-state index is -3.60. The molecule has 1 N–H and O–H groups in total. The van der Waals surface area contributed by atoms with Crippen LogP contribution in [0.5, 0.6) is 0 Å². The number of nitrogens with one attached hydrogen (secondary N) is 1. The van der Waals surface area contributed by atoms with E-state index in [2.05, 4.69) is 4.72 Å². The minimum absolute atomic E-state index is 0.134. The summed E-state index contributed by atoms with van der Waals surface area (Å²) >= 11 is 0. The minimum Gasteiger partial charge on any atom is -0.385 e. The van der Waals surface area contributed by atoms with E-state index in [4.69, 9.17) is 10.00 Å². The molecule has 0 saturated heterocycles. The third-order valence-electron chi connectivity index (χ3n) is 2.13. The molecule has 0 amide bonds. The second-order valence-corrected chi connectivity index (χ2v) is 5.42. The van der Waals surface area contributed by atoms with E-state index in [1.807, 2.05) is 0 Å². The van der Waals surface area contributed by atoms with Crippen LogP contribution >= 0.6 is 0 Å². The first-order valence-electron chi connectivity index (χ1n) is 5.17. The highest BCUT2D eigenvalue weighted by molar-refractivity contribution is 7.92. The Kier molecular flexibility index (Phi) is 5.07. The summed E-state index contributed by atoms with van der Waals surface area (Å²) in [6, 6.07) is 5.31. The molecule has 0 radical (unpaired) electrons. The van der Waals surface area contributed by atoms with Gasteiger partial charge in [0.2, 0.25) is 10.0 Å². The second kappa shape index (κ2) is 6.33. The van der Waals surface area contributed by atoms with Gasteiger partial charge in [0, 0.05) is 13.7 Å². The molecule has 1 aromatic carbocycles. The van der Waals surface area contributed by atoms with Gasteiger partial charge in [0.15, 0.2) is 0 Å². The first-order valence-corrected chi connectivity index (χ1v) is 6.83. The quantitative estimate of drug-likeness (QED) is 0.795. The van der Waals surface area contributed by atoms with E-state index in [1.54, 1.807) is 6.07 Å². The molecule has 0 spiro atoms. The van der Waals surface area contributed by atoms with Gasteiger partial charge in [0.05, 0.1) is 23.1 Å². The van der Waals surface area contributed by atoms with Crippen molar-refractivity contribution in [3.8, 4) is 6.07 Å². The molecule has 0 aliphatic carbocycles. The highest BCUT2D eigenvalue weighted by atomic mass is 32.2. The molecule has 98 valence electrons. The zero-order chi connectivity index (χ0) is 13.6. The number of nitrogens with zero attached hydrogens (tertiary/aromatic N) is 1. The monoisotopic (exact) mass is 272 g/mol. The average molecular weight is 272 g/mol. The van der Waals surface area contributed by atoms with E-state index in [0.29, 0.717) is 13.0 Å². The molecule has 0 aliphatic rings. The number of benzene rings is 1. The molecule has 1 rings (SSSR count). The molecule has 5 nitrogen and oxygen atoms in total. The first kappa shape index (κ1) is 14.4. The SMILES string of the molecule is COCCCS(=O)(=O)Nc1ccc(C#N)cc1F. The summed E-state index contributed by atoms with van der Waals surface area (Å²) in [6.07, 6.45) is 0.323. The number of hydrogen-bond donors (Lipinski definition) is 1. The van der Waals surface area contributed by atoms with Crippen LogP contribution in [0.4, 0.5) is 10.1 Å². The van der Waals surface area contributed by atoms with Gasteiger partial charge in [-0.15, -0.1) is 0 Å². The molecule has 0 atom stereocenters. The predicted molar refractivity (Wildman–Crippen MR) is 65.0 cm³/mol. The van der Waals surface area contributed by atoms with Crippen LogP contribution in [-0.4, -0.2) is 27.9 Å². The van der Waals surface area contributed by atoms with E-state index < -0.39 is 15.8 Å². The van der Waals surface area contributed by atoms with Crippen molar-refractivity contribution in [1.82, 2.24) is 0 Å². The molecule has 0 heterocycles. The molecule has 0 saturated carbocycles. The topological polar surface area (TPSA) is 79.2 Å². The third-order valence-corrected chi connectivity index (χ3v) is 3.48. The Labute approximate surface area is 105 Å². The fourth-order valence-electron chi connectivity index (χ4n) is 1.28. The smallest absolute Gasteiger partial charge is 0.232 e. The molecule has 7 heteroatoms. The van der Waals surface area contributed by atoms with Crippen LogP contribution in [0.25, 0.3) is 0 Å². The van der Waals surface area contributed by atoms with Gasteiger partial charge in [-0.2, -0.15) is 5.26 Å². The first-order chi connectivity index (χ1) is 8.48. The Morgan fingerprint density at radius 2 is 2.22 bits per heavy atom. The Morgan fingerprint density at radius 3 is 2.78 bits per heavy atom. The van der Waals surface area contributed by atoms with E-state index >= 15 is 0 Å². The standard InChI is InChI=1S/C11H13FN2O3S/c1-17-5-2-6-18(15,16)14-11-4-3-9(8-13)7-10(11)12/h3-4,7,14H,2,5-6H2,1H3. The zero-order valence-electron chi connectivity index (χ0n) is 9.81. The zero-order valence-corrected chi connectivity index (χ0v) is 10.6. The van der Waals surface area contributed by atoms with Gasteiger partial charge in [0.1, 0.15) is 5.82 Å². The lowest BCUT2D eigenvalue weighted by molar-refractivity contribution is 0.199. The van der Waals surface area contributed by atoms with Gasteiger partial charge >= 0.3 is 0 Å². The number of methoxy groups -OCH3 is 1. The van der Waals surface area contributed by atoms with Gasteiger partial charge in [-0.05, 0) is 24.6 Å². The predicted octanol–water partition coefficient (Wildman–Crippen LogP) is 1.48. The highest BCUT2D eigenvalue weighted by Crippen LogP contribution is 2.17. The Morgan fingerprint density at radius 1 is 1.50 bits per heavy atom. The lowest BCUT2D eigenvalue weighted by Crippen LogP contribution is -2.18. The molecule has 0 aromatic heterocycles. The Hall–Kier alpha value is -1.65. The summed E-state index contributed by atoms with van der Waals surface area (Å²) in [5.41, 5.74) is -0.0266. The Bertz CT molecular complexity index is 552. The number of sulfonamides is 1. The maximum Gasteiger partial charge on any atom is 0.232 e. The van der Waals surface area contributed by atoms with Crippen LogP contribution < -0.4 is 4.72 Å². The molecule has 1 aromatic rings. The van der Waals surface area contributed by atoms with Crippen LogP contribution in [0.15, 0.2) is 18.2 Å². The van der Waals surface area contributed by atoms with E-state index in [9.17, 15) is 12.8 Å². The lowest BCUT2D eigenvalue weighted by atomic mass is 10.2. The summed E-state index contributed by atoms with van der Waals surface area (Å²) in [5, 5.41) is 8.56. The number of anilines is 1. The van der Waals surface area contributed by atoms with Crippen molar-refractivity contribution in [3.63, 3.8) is 0 Å². The van der Waals surface area contributed by atoms with Gasteiger partial charge in [-0.25, -0.2) is 12.8 Å². The van der Waals surface area contributed by atoms with Crippen LogP contribution in [0.3, 0.4) is 0 Å². The van der Waals surface area contributed by atoms with E-state index in [0.717, 1.165) is 6.07 Å². The van der Waals surface area contributed by atoms with Crippen LogP contribution in [0.2, 0.25) is 0 Å². The molecule has 0 unspecified atom stereocenters. The number of nitriles is 1. The van der Waals surface area contributed by atoms with Crippen molar-refractivity contribution < 1.29 is 17.5 Å². The fraction of sp³-hybridized carbons (Fsp3) is 0.364. The molecule has 0 bridgehead atoms. The number of rotatable bonds is 6. The fourth-order valence-corrected chi connectivity index (χ4v) is 2.38. The average Bonchev–Trinajstić information content (AvgIpc) is 2.31. The summed E-state index contributed by atoms with van der Waals surface area (Å²) in [6.45, 7) is 0.316. The van der Waals surface area contributed by atoms with Crippen molar-refractivity contribution >= 4 is 15.7 Å². The van der Waals surface area contributed by atoms with Crippen LogP contribution in [-0.2, 0) is 14.8 Å². The number of ether oxygens (including phenoxy) is 1. The van der Waals surface area contributed by atoms with Gasteiger partial charge in [-0.3, -0.25) is 4.72 Å². The number of hydrogen-bond acceptors (Lipinski definition) is 4. The highest BCUT2D eigenvalue weighted by Gasteiger charge is 2.13. The molecule has 18 heavy (non-hydrogen) atoms. The summed E-state index contributed by atoms with van der Waals surface area (Å²) in [5.74, 6) is -0.926.